The number of hydrogen-bond acceptors (Lipinski definition) is 3. The lowest BCUT2D eigenvalue weighted by molar-refractivity contribution is -0.113. The Morgan fingerprint density at radius 2 is 2.00 bits per heavy atom. The second-order valence-corrected chi connectivity index (χ2v) is 5.98. The number of nitrogens with one attached hydrogen (secondary N) is 1. The van der Waals surface area contributed by atoms with Gasteiger partial charge in [-0.1, -0.05) is 15.9 Å². The normalized spacial score (nSPS) is 12.1. The molecule has 1 unspecified atom stereocenters. The molecule has 6 heteroatoms. The highest BCUT2D eigenvalue weighted by molar-refractivity contribution is 9.10. The van der Waals surface area contributed by atoms with E-state index in [-0.39, 0.29) is 11.7 Å². The maximum absolute atomic E-state index is 11.5. The minimum atomic E-state index is -1.13. The van der Waals surface area contributed by atoms with Crippen LogP contribution in [0.25, 0.3) is 0 Å². The van der Waals surface area contributed by atoms with Gasteiger partial charge in [0.05, 0.1) is 0 Å². The van der Waals surface area contributed by atoms with Gasteiger partial charge in [0.15, 0.2) is 0 Å². The molecule has 1 amide bonds. The van der Waals surface area contributed by atoms with Crippen LogP contribution in [0.3, 0.4) is 0 Å². The Kier molecular flexibility index (Phi) is 6.39. The highest BCUT2D eigenvalue weighted by Crippen LogP contribution is 2.13. The van der Waals surface area contributed by atoms with Gasteiger partial charge >= 0.3 is 0 Å². The number of benzene rings is 1. The predicted molar refractivity (Wildman–Crippen MR) is 74.3 cm³/mol. The lowest BCUT2D eigenvalue weighted by Crippen LogP contribution is -2.21. The van der Waals surface area contributed by atoms with Crippen molar-refractivity contribution in [2.75, 3.05) is 23.4 Å². The fourth-order valence-corrected chi connectivity index (χ4v) is 2.45. The maximum Gasteiger partial charge on any atom is 0.236 e. The zero-order valence-electron chi connectivity index (χ0n) is 9.32. The van der Waals surface area contributed by atoms with Gasteiger partial charge < -0.3 is 11.1 Å². The fraction of sp³-hybridized carbons (Fsp3) is 0.364. The Morgan fingerprint density at radius 3 is 2.59 bits per heavy atom. The average Bonchev–Trinajstić information content (AvgIpc) is 2.29. The third-order valence-corrected chi connectivity index (χ3v) is 3.85. The summed E-state index contributed by atoms with van der Waals surface area (Å²) in [6.45, 7) is 0.500. The van der Waals surface area contributed by atoms with E-state index in [9.17, 15) is 9.00 Å². The number of amides is 1. The molecule has 0 aromatic heterocycles. The molecular weight excluding hydrogens is 304 g/mol. The van der Waals surface area contributed by atoms with Gasteiger partial charge in [0.2, 0.25) is 5.91 Å². The smallest absolute Gasteiger partial charge is 0.236 e. The highest BCUT2D eigenvalue weighted by atomic mass is 79.9. The summed E-state index contributed by atoms with van der Waals surface area (Å²) >= 11 is 3.31. The molecule has 0 saturated carbocycles. The predicted octanol–water partition coefficient (Wildman–Crippen LogP) is 1.49. The number of halogens is 1. The van der Waals surface area contributed by atoms with Crippen molar-refractivity contribution < 1.29 is 9.00 Å². The van der Waals surface area contributed by atoms with Gasteiger partial charge in [-0.25, -0.2) is 0 Å². The SMILES string of the molecule is NCCCS(=O)CC(=O)Nc1ccc(Br)cc1. The number of carbonyl (C=O) groups excluding carboxylic acids is 1. The van der Waals surface area contributed by atoms with Crippen molar-refractivity contribution in [3.8, 4) is 0 Å². The van der Waals surface area contributed by atoms with Crippen molar-refractivity contribution in [3.05, 3.63) is 28.7 Å². The van der Waals surface area contributed by atoms with Crippen LogP contribution in [0.15, 0.2) is 28.7 Å². The lowest BCUT2D eigenvalue weighted by atomic mass is 10.3. The number of nitrogens with two attached hydrogens (primary N) is 1. The Labute approximate surface area is 112 Å². The van der Waals surface area contributed by atoms with Gasteiger partial charge in [-0.15, -0.1) is 0 Å². The number of hydrogen-bond donors (Lipinski definition) is 2. The van der Waals surface area contributed by atoms with Crippen LogP contribution in [0.1, 0.15) is 6.42 Å². The van der Waals surface area contributed by atoms with Crippen LogP contribution in [-0.4, -0.2) is 28.2 Å². The first kappa shape index (κ1) is 14.3. The number of anilines is 1. The van der Waals surface area contributed by atoms with E-state index >= 15 is 0 Å². The van der Waals surface area contributed by atoms with Gasteiger partial charge in [-0.05, 0) is 37.2 Å². The van der Waals surface area contributed by atoms with Gasteiger partial charge in [0, 0.05) is 26.7 Å². The van der Waals surface area contributed by atoms with Crippen LogP contribution in [0.5, 0.6) is 0 Å². The van der Waals surface area contributed by atoms with Crippen LogP contribution >= 0.6 is 15.9 Å². The molecule has 0 bridgehead atoms. The molecular formula is C11H15BrN2O2S. The Bertz CT molecular complexity index is 395. The molecule has 1 atom stereocenters. The van der Waals surface area contributed by atoms with Gasteiger partial charge in [-0.2, -0.15) is 0 Å². The summed E-state index contributed by atoms with van der Waals surface area (Å²) in [4.78, 5) is 11.5. The largest absolute Gasteiger partial charge is 0.330 e. The number of carbonyl (C=O) groups is 1. The minimum absolute atomic E-state index is 0.0239. The topological polar surface area (TPSA) is 72.2 Å². The summed E-state index contributed by atoms with van der Waals surface area (Å²) < 4.78 is 12.4. The summed E-state index contributed by atoms with van der Waals surface area (Å²) in [5.74, 6) is 0.267. The maximum atomic E-state index is 11.5. The summed E-state index contributed by atoms with van der Waals surface area (Å²) in [5.41, 5.74) is 6.01. The van der Waals surface area contributed by atoms with E-state index in [1.807, 2.05) is 12.1 Å². The molecule has 1 aromatic carbocycles. The lowest BCUT2D eigenvalue weighted by Gasteiger charge is -2.05. The van der Waals surface area contributed by atoms with E-state index in [2.05, 4.69) is 21.2 Å². The molecule has 0 saturated heterocycles. The molecule has 17 heavy (non-hydrogen) atoms. The molecule has 0 spiro atoms. The summed E-state index contributed by atoms with van der Waals surface area (Å²) in [6, 6.07) is 7.23. The van der Waals surface area contributed by atoms with E-state index in [0.717, 1.165) is 4.47 Å². The van der Waals surface area contributed by atoms with Crippen LogP contribution < -0.4 is 11.1 Å². The molecule has 3 N–H and O–H groups in total. The van der Waals surface area contributed by atoms with Crippen LogP contribution in [0.4, 0.5) is 5.69 Å². The zero-order chi connectivity index (χ0) is 12.7. The Hall–Kier alpha value is -0.720. The molecule has 4 nitrogen and oxygen atoms in total. The molecule has 94 valence electrons. The molecule has 0 fully saturated rings. The first-order chi connectivity index (χ1) is 8.11. The van der Waals surface area contributed by atoms with Crippen molar-refractivity contribution in [2.45, 2.75) is 6.42 Å². The molecule has 1 aromatic rings. The Balaban J connectivity index is 2.39. The first-order valence-corrected chi connectivity index (χ1v) is 7.50. The van der Waals surface area contributed by atoms with E-state index in [1.165, 1.54) is 0 Å². The molecule has 0 radical (unpaired) electrons. The molecule has 0 heterocycles. The van der Waals surface area contributed by atoms with Crippen molar-refractivity contribution in [2.24, 2.45) is 5.73 Å². The third-order valence-electron chi connectivity index (χ3n) is 2.00. The fourth-order valence-electron chi connectivity index (χ4n) is 1.19. The van der Waals surface area contributed by atoms with Gasteiger partial charge in [-0.3, -0.25) is 9.00 Å². The standard InChI is InChI=1S/C11H15BrN2O2S/c12-9-2-4-10(5-3-9)14-11(15)8-17(16)7-1-6-13/h2-5H,1,6-8,13H2,(H,14,15). The number of rotatable bonds is 6. The zero-order valence-corrected chi connectivity index (χ0v) is 11.7. The Morgan fingerprint density at radius 1 is 1.35 bits per heavy atom. The van der Waals surface area contributed by atoms with Crippen LogP contribution in [0, 0.1) is 0 Å². The van der Waals surface area contributed by atoms with E-state index < -0.39 is 10.8 Å². The average molecular weight is 319 g/mol. The summed E-state index contributed by atoms with van der Waals surface area (Å²) in [5, 5.41) is 2.69. The van der Waals surface area contributed by atoms with E-state index in [1.54, 1.807) is 12.1 Å². The van der Waals surface area contributed by atoms with Crippen LogP contribution in [-0.2, 0) is 15.6 Å². The van der Waals surface area contributed by atoms with Crippen molar-refractivity contribution >= 4 is 38.3 Å². The monoisotopic (exact) mass is 318 g/mol. The summed E-state index contributed by atoms with van der Waals surface area (Å²) in [6.07, 6.45) is 0.679. The van der Waals surface area contributed by atoms with Crippen molar-refractivity contribution in [3.63, 3.8) is 0 Å². The molecule has 0 aliphatic heterocycles. The first-order valence-electron chi connectivity index (χ1n) is 5.22. The van der Waals surface area contributed by atoms with E-state index in [0.29, 0.717) is 24.4 Å². The summed E-state index contributed by atoms with van der Waals surface area (Å²) in [7, 11) is -1.13. The van der Waals surface area contributed by atoms with Gasteiger partial charge in [0.1, 0.15) is 5.75 Å². The quantitative estimate of drug-likeness (QED) is 0.834. The van der Waals surface area contributed by atoms with Crippen molar-refractivity contribution in [1.29, 1.82) is 0 Å². The highest BCUT2D eigenvalue weighted by Gasteiger charge is 2.07. The van der Waals surface area contributed by atoms with Gasteiger partial charge in [0.25, 0.3) is 0 Å². The molecule has 0 aliphatic rings. The molecule has 0 aliphatic carbocycles. The second kappa shape index (κ2) is 7.58. The molecule has 1 rings (SSSR count). The van der Waals surface area contributed by atoms with Crippen molar-refractivity contribution in [1.82, 2.24) is 0 Å². The minimum Gasteiger partial charge on any atom is -0.330 e. The third kappa shape index (κ3) is 5.95. The van der Waals surface area contributed by atoms with Crippen LogP contribution in [0.2, 0.25) is 0 Å². The van der Waals surface area contributed by atoms with E-state index in [4.69, 9.17) is 5.73 Å². The second-order valence-electron chi connectivity index (χ2n) is 3.49.